The summed E-state index contributed by atoms with van der Waals surface area (Å²) in [6.45, 7) is 4.89. The maximum Gasteiger partial charge on any atom is 0.0468 e. The number of rotatable bonds is 1. The molecular weight excluding hydrogens is 114 g/mol. The van der Waals surface area contributed by atoms with Crippen molar-refractivity contribution in [3.05, 3.63) is 0 Å². The minimum Gasteiger partial charge on any atom is -0.396 e. The van der Waals surface area contributed by atoms with Crippen molar-refractivity contribution in [3.8, 4) is 0 Å². The van der Waals surface area contributed by atoms with E-state index >= 15 is 0 Å². The number of piperidine rings is 1. The largest absolute Gasteiger partial charge is 0.396 e. The molecule has 2 rings (SSSR count). The Bertz CT molecular complexity index is 131. The quantitative estimate of drug-likeness (QED) is 0.513. The van der Waals surface area contributed by atoms with E-state index in [1.807, 2.05) is 0 Å². The number of nitrogens with one attached hydrogen (secondary N) is 1. The number of hydrogen-bond donors (Lipinski definition) is 2. The zero-order valence-electron chi connectivity index (χ0n) is 5.72. The van der Waals surface area contributed by atoms with E-state index in [1.165, 1.54) is 0 Å². The SMILES string of the molecule is CC12CNCC1C2CO. The van der Waals surface area contributed by atoms with Gasteiger partial charge in [-0.1, -0.05) is 6.92 Å². The van der Waals surface area contributed by atoms with Crippen LogP contribution in [0.5, 0.6) is 0 Å². The van der Waals surface area contributed by atoms with Crippen LogP contribution in [0.3, 0.4) is 0 Å². The van der Waals surface area contributed by atoms with Crippen molar-refractivity contribution in [2.24, 2.45) is 17.3 Å². The normalized spacial score (nSPS) is 55.3. The van der Waals surface area contributed by atoms with Crippen molar-refractivity contribution < 1.29 is 5.11 Å². The van der Waals surface area contributed by atoms with Gasteiger partial charge in [0.25, 0.3) is 0 Å². The minimum atomic E-state index is 0.392. The molecule has 0 aromatic carbocycles. The molecule has 3 atom stereocenters. The topological polar surface area (TPSA) is 32.3 Å². The van der Waals surface area contributed by atoms with E-state index in [0.717, 1.165) is 19.0 Å². The zero-order chi connectivity index (χ0) is 6.48. The van der Waals surface area contributed by atoms with Crippen LogP contribution in [0.15, 0.2) is 0 Å². The maximum atomic E-state index is 8.85. The average molecular weight is 127 g/mol. The fraction of sp³-hybridized carbons (Fsp3) is 1.00. The van der Waals surface area contributed by atoms with Crippen molar-refractivity contribution in [1.82, 2.24) is 5.32 Å². The van der Waals surface area contributed by atoms with Crippen molar-refractivity contribution in [1.29, 1.82) is 0 Å². The van der Waals surface area contributed by atoms with Gasteiger partial charge >= 0.3 is 0 Å². The minimum absolute atomic E-state index is 0.392. The van der Waals surface area contributed by atoms with Crippen LogP contribution in [-0.4, -0.2) is 24.8 Å². The van der Waals surface area contributed by atoms with Crippen LogP contribution in [0.1, 0.15) is 6.92 Å². The highest BCUT2D eigenvalue weighted by molar-refractivity contribution is 5.13. The van der Waals surface area contributed by atoms with Gasteiger partial charge in [0.2, 0.25) is 0 Å². The highest BCUT2D eigenvalue weighted by Gasteiger charge is 2.62. The monoisotopic (exact) mass is 127 g/mol. The van der Waals surface area contributed by atoms with E-state index in [1.54, 1.807) is 0 Å². The molecule has 2 fully saturated rings. The first kappa shape index (κ1) is 5.69. The first-order chi connectivity index (χ1) is 4.29. The molecular formula is C7H13NO. The van der Waals surface area contributed by atoms with Crippen LogP contribution in [-0.2, 0) is 0 Å². The Hall–Kier alpha value is -0.0800. The summed E-state index contributed by atoms with van der Waals surface area (Å²) in [5.41, 5.74) is 0.467. The summed E-state index contributed by atoms with van der Waals surface area (Å²) in [4.78, 5) is 0. The standard InChI is InChI=1S/C7H13NO/c1-7-4-8-2-5(7)6(7)3-9/h5-6,8-9H,2-4H2,1H3. The van der Waals surface area contributed by atoms with Gasteiger partial charge in [0, 0.05) is 13.2 Å². The molecule has 0 bridgehead atoms. The van der Waals surface area contributed by atoms with Gasteiger partial charge in [0.1, 0.15) is 0 Å². The molecule has 2 aliphatic rings. The predicted molar refractivity (Wildman–Crippen MR) is 35.0 cm³/mol. The molecule has 1 aliphatic heterocycles. The molecule has 3 unspecified atom stereocenters. The predicted octanol–water partition coefficient (Wildman–Crippen LogP) is -0.166. The third kappa shape index (κ3) is 0.528. The molecule has 0 aromatic heterocycles. The smallest absolute Gasteiger partial charge is 0.0468 e. The molecule has 1 aliphatic carbocycles. The summed E-state index contributed by atoms with van der Waals surface area (Å²) in [5, 5.41) is 12.2. The van der Waals surface area contributed by atoms with E-state index in [2.05, 4.69) is 12.2 Å². The summed E-state index contributed by atoms with van der Waals surface area (Å²) in [5.74, 6) is 1.39. The van der Waals surface area contributed by atoms with Gasteiger partial charge in [-0.15, -0.1) is 0 Å². The second kappa shape index (κ2) is 1.50. The lowest BCUT2D eigenvalue weighted by molar-refractivity contribution is 0.245. The lowest BCUT2D eigenvalue weighted by Crippen LogP contribution is -2.19. The molecule has 2 nitrogen and oxygen atoms in total. The molecule has 2 heteroatoms. The molecule has 1 saturated heterocycles. The molecule has 52 valence electrons. The highest BCUT2D eigenvalue weighted by atomic mass is 16.3. The fourth-order valence-electron chi connectivity index (χ4n) is 2.23. The summed E-state index contributed by atoms with van der Waals surface area (Å²) in [6.07, 6.45) is 0. The van der Waals surface area contributed by atoms with Crippen LogP contribution >= 0.6 is 0 Å². The number of fused-ring (bicyclic) bond motifs is 1. The van der Waals surface area contributed by atoms with E-state index in [9.17, 15) is 0 Å². The van der Waals surface area contributed by atoms with E-state index < -0.39 is 0 Å². The molecule has 1 saturated carbocycles. The van der Waals surface area contributed by atoms with Gasteiger partial charge in [-0.2, -0.15) is 0 Å². The van der Waals surface area contributed by atoms with Gasteiger partial charge < -0.3 is 10.4 Å². The van der Waals surface area contributed by atoms with Gasteiger partial charge in [-0.3, -0.25) is 0 Å². The van der Waals surface area contributed by atoms with Gasteiger partial charge in [0.05, 0.1) is 0 Å². The van der Waals surface area contributed by atoms with E-state index in [-0.39, 0.29) is 0 Å². The molecule has 0 radical (unpaired) electrons. The zero-order valence-corrected chi connectivity index (χ0v) is 5.72. The van der Waals surface area contributed by atoms with Gasteiger partial charge in [-0.05, 0) is 23.8 Å². The molecule has 0 spiro atoms. The second-order valence-electron chi connectivity index (χ2n) is 3.53. The number of aliphatic hydroxyl groups is 1. The van der Waals surface area contributed by atoms with Gasteiger partial charge in [0.15, 0.2) is 0 Å². The van der Waals surface area contributed by atoms with Crippen LogP contribution < -0.4 is 5.32 Å². The van der Waals surface area contributed by atoms with Crippen molar-refractivity contribution >= 4 is 0 Å². The van der Waals surface area contributed by atoms with E-state index in [4.69, 9.17) is 5.11 Å². The Kier molecular flexibility index (Phi) is 0.945. The second-order valence-corrected chi connectivity index (χ2v) is 3.53. The number of hydrogen-bond acceptors (Lipinski definition) is 2. The Balaban J connectivity index is 2.08. The third-order valence-corrected chi connectivity index (χ3v) is 3.14. The Morgan fingerprint density at radius 3 is 2.89 bits per heavy atom. The Morgan fingerprint density at radius 1 is 1.78 bits per heavy atom. The first-order valence-corrected chi connectivity index (χ1v) is 3.60. The fourth-order valence-corrected chi connectivity index (χ4v) is 2.23. The number of aliphatic hydroxyl groups excluding tert-OH is 1. The Labute approximate surface area is 55.3 Å². The molecule has 9 heavy (non-hydrogen) atoms. The van der Waals surface area contributed by atoms with Crippen LogP contribution in [0.4, 0.5) is 0 Å². The molecule has 1 heterocycles. The van der Waals surface area contributed by atoms with Crippen LogP contribution in [0, 0.1) is 17.3 Å². The van der Waals surface area contributed by atoms with Crippen LogP contribution in [0.25, 0.3) is 0 Å². The molecule has 0 amide bonds. The summed E-state index contributed by atoms with van der Waals surface area (Å²) in [6, 6.07) is 0. The van der Waals surface area contributed by atoms with Gasteiger partial charge in [-0.25, -0.2) is 0 Å². The summed E-state index contributed by atoms with van der Waals surface area (Å²) in [7, 11) is 0. The van der Waals surface area contributed by atoms with Crippen molar-refractivity contribution in [3.63, 3.8) is 0 Å². The van der Waals surface area contributed by atoms with Crippen molar-refractivity contribution in [2.45, 2.75) is 6.92 Å². The summed E-state index contributed by atoms with van der Waals surface area (Å²) >= 11 is 0. The lowest BCUT2D eigenvalue weighted by atomic mass is 10.1. The van der Waals surface area contributed by atoms with Crippen molar-refractivity contribution in [2.75, 3.05) is 19.7 Å². The lowest BCUT2D eigenvalue weighted by Gasteiger charge is -2.05. The maximum absolute atomic E-state index is 8.85. The average Bonchev–Trinajstić information content (AvgIpc) is 2.16. The third-order valence-electron chi connectivity index (χ3n) is 3.14. The Morgan fingerprint density at radius 2 is 2.56 bits per heavy atom. The molecule has 0 aromatic rings. The van der Waals surface area contributed by atoms with E-state index in [0.29, 0.717) is 17.9 Å². The van der Waals surface area contributed by atoms with Crippen LogP contribution in [0.2, 0.25) is 0 Å². The highest BCUT2D eigenvalue weighted by Crippen LogP contribution is 2.59. The first-order valence-electron chi connectivity index (χ1n) is 3.60. The molecule has 2 N–H and O–H groups in total. The summed E-state index contributed by atoms with van der Waals surface area (Å²) < 4.78 is 0.